The van der Waals surface area contributed by atoms with Crippen LogP contribution in [0.3, 0.4) is 0 Å². The van der Waals surface area contributed by atoms with E-state index in [1.54, 1.807) is 56.5 Å². The van der Waals surface area contributed by atoms with Gasteiger partial charge in [0.1, 0.15) is 23.0 Å². The van der Waals surface area contributed by atoms with Gasteiger partial charge in [0.05, 0.1) is 26.9 Å². The molecule has 0 amide bonds. The van der Waals surface area contributed by atoms with Crippen LogP contribution in [0.25, 0.3) is 6.08 Å². The maximum Gasteiger partial charge on any atom is 0.329 e. The minimum Gasteiger partial charge on any atom is -0.497 e. The lowest BCUT2D eigenvalue weighted by molar-refractivity contribution is -0.145. The van der Waals surface area contributed by atoms with Crippen LogP contribution in [0.1, 0.15) is 44.7 Å². The SMILES string of the molecule is CCOC(=O)[C@H]1[C@H](c2cc(OC)ccc2OC)C2(C(=O)c3ccccc3C2=O)[C@H]2C=Cc3ccccc3N12. The Bertz CT molecular complexity index is 1470. The van der Waals surface area contributed by atoms with Crippen molar-refractivity contribution >= 4 is 29.3 Å². The van der Waals surface area contributed by atoms with Crippen molar-refractivity contribution in [1.82, 2.24) is 0 Å². The number of benzene rings is 3. The molecule has 2 aliphatic heterocycles. The van der Waals surface area contributed by atoms with Crippen molar-refractivity contribution in [3.05, 3.63) is 95.1 Å². The molecule has 3 aromatic rings. The second kappa shape index (κ2) is 8.87. The van der Waals surface area contributed by atoms with E-state index < -0.39 is 29.4 Å². The molecule has 192 valence electrons. The summed E-state index contributed by atoms with van der Waals surface area (Å²) in [6, 6.07) is 18.1. The molecule has 3 atom stereocenters. The van der Waals surface area contributed by atoms with Crippen molar-refractivity contribution in [2.75, 3.05) is 25.7 Å². The lowest BCUT2D eigenvalue weighted by Gasteiger charge is -2.36. The predicted molar refractivity (Wildman–Crippen MR) is 142 cm³/mol. The van der Waals surface area contributed by atoms with Crippen molar-refractivity contribution in [3.63, 3.8) is 0 Å². The Morgan fingerprint density at radius 1 is 0.921 bits per heavy atom. The molecule has 38 heavy (non-hydrogen) atoms. The molecule has 2 heterocycles. The van der Waals surface area contributed by atoms with Crippen LogP contribution in [0.15, 0.2) is 72.8 Å². The lowest BCUT2D eigenvalue weighted by Crippen LogP contribution is -2.48. The van der Waals surface area contributed by atoms with Gasteiger partial charge in [-0.1, -0.05) is 54.6 Å². The van der Waals surface area contributed by atoms with E-state index in [2.05, 4.69) is 0 Å². The van der Waals surface area contributed by atoms with Crippen LogP contribution in [0.5, 0.6) is 11.5 Å². The summed E-state index contributed by atoms with van der Waals surface area (Å²) in [4.78, 5) is 44.9. The molecule has 0 aromatic heterocycles. The fraction of sp³-hybridized carbons (Fsp3) is 0.258. The number of esters is 1. The Hall–Kier alpha value is -4.39. The Morgan fingerprint density at radius 3 is 2.26 bits per heavy atom. The van der Waals surface area contributed by atoms with Crippen LogP contribution < -0.4 is 14.4 Å². The van der Waals surface area contributed by atoms with E-state index in [9.17, 15) is 14.4 Å². The minimum absolute atomic E-state index is 0.155. The Kier molecular flexibility index (Phi) is 5.60. The molecule has 0 N–H and O–H groups in total. The molecule has 1 saturated heterocycles. The van der Waals surface area contributed by atoms with Gasteiger partial charge < -0.3 is 19.1 Å². The first-order valence-corrected chi connectivity index (χ1v) is 12.6. The van der Waals surface area contributed by atoms with Gasteiger partial charge >= 0.3 is 5.97 Å². The third-order valence-corrected chi connectivity index (χ3v) is 8.01. The highest BCUT2D eigenvalue weighted by Crippen LogP contribution is 2.61. The number of anilines is 1. The van der Waals surface area contributed by atoms with Gasteiger partial charge in [-0.15, -0.1) is 0 Å². The molecule has 1 fully saturated rings. The quantitative estimate of drug-likeness (QED) is 0.364. The zero-order valence-corrected chi connectivity index (χ0v) is 21.3. The van der Waals surface area contributed by atoms with Gasteiger partial charge in [-0.3, -0.25) is 9.59 Å². The standard InChI is InChI=1S/C31H27NO6/c1-4-38-30(35)27-26(22-17-19(36-2)14-15-24(22)37-3)31(28(33)20-10-6-7-11-21(20)29(31)34)25-16-13-18-9-5-8-12-23(18)32(25)27/h5-17,25-27H,4H2,1-3H3/t25-,26+,27-/m1/s1. The Balaban J connectivity index is 1.71. The normalized spacial score (nSPS) is 22.2. The number of para-hydroxylation sites is 1. The lowest BCUT2D eigenvalue weighted by atomic mass is 9.64. The van der Waals surface area contributed by atoms with Gasteiger partial charge in [-0.25, -0.2) is 4.79 Å². The molecule has 0 unspecified atom stereocenters. The second-order valence-corrected chi connectivity index (χ2v) is 9.63. The summed E-state index contributed by atoms with van der Waals surface area (Å²) in [5, 5.41) is 0. The van der Waals surface area contributed by atoms with Crippen molar-refractivity contribution < 1.29 is 28.6 Å². The van der Waals surface area contributed by atoms with Gasteiger partial charge in [-0.05, 0) is 36.8 Å². The summed E-state index contributed by atoms with van der Waals surface area (Å²) >= 11 is 0. The number of methoxy groups -OCH3 is 2. The second-order valence-electron chi connectivity index (χ2n) is 9.63. The van der Waals surface area contributed by atoms with Crippen LogP contribution in [-0.4, -0.2) is 50.4 Å². The van der Waals surface area contributed by atoms with Gasteiger partial charge in [0.25, 0.3) is 0 Å². The monoisotopic (exact) mass is 509 g/mol. The molecule has 0 bridgehead atoms. The summed E-state index contributed by atoms with van der Waals surface area (Å²) in [6.45, 7) is 1.90. The van der Waals surface area contributed by atoms with Crippen molar-refractivity contribution in [3.8, 4) is 11.5 Å². The van der Waals surface area contributed by atoms with Crippen LogP contribution >= 0.6 is 0 Å². The topological polar surface area (TPSA) is 82.1 Å². The molecule has 1 spiro atoms. The highest BCUT2D eigenvalue weighted by molar-refractivity contribution is 6.32. The van der Waals surface area contributed by atoms with Crippen LogP contribution in [-0.2, 0) is 9.53 Å². The number of carbonyl (C=O) groups excluding carboxylic acids is 3. The van der Waals surface area contributed by atoms with Gasteiger partial charge in [0.15, 0.2) is 11.6 Å². The molecule has 3 aromatic carbocycles. The summed E-state index contributed by atoms with van der Waals surface area (Å²) in [6.07, 6.45) is 3.80. The number of fused-ring (bicyclic) bond motifs is 5. The third kappa shape index (κ3) is 3.05. The maximum absolute atomic E-state index is 14.6. The Morgan fingerprint density at radius 2 is 1.61 bits per heavy atom. The van der Waals surface area contributed by atoms with E-state index in [1.807, 2.05) is 41.3 Å². The molecule has 3 aliphatic rings. The van der Waals surface area contributed by atoms with E-state index in [4.69, 9.17) is 14.2 Å². The van der Waals surface area contributed by atoms with Gasteiger partial charge in [0.2, 0.25) is 0 Å². The number of Topliss-reactive ketones (excluding diaryl/α,β-unsaturated/α-hetero) is 2. The Labute approximate surface area is 220 Å². The van der Waals surface area contributed by atoms with Crippen molar-refractivity contribution in [2.45, 2.75) is 24.9 Å². The zero-order chi connectivity index (χ0) is 26.6. The predicted octanol–water partition coefficient (Wildman–Crippen LogP) is 4.70. The van der Waals surface area contributed by atoms with Crippen LogP contribution in [0.2, 0.25) is 0 Å². The molecule has 6 rings (SSSR count). The van der Waals surface area contributed by atoms with Gasteiger partial charge in [0, 0.05) is 28.3 Å². The van der Waals surface area contributed by atoms with E-state index in [1.165, 1.54) is 7.11 Å². The van der Waals surface area contributed by atoms with Crippen LogP contribution in [0.4, 0.5) is 5.69 Å². The maximum atomic E-state index is 14.6. The molecule has 0 radical (unpaired) electrons. The number of hydrogen-bond donors (Lipinski definition) is 0. The zero-order valence-electron chi connectivity index (χ0n) is 21.3. The van der Waals surface area contributed by atoms with E-state index in [0.717, 1.165) is 11.3 Å². The van der Waals surface area contributed by atoms with Gasteiger partial charge in [-0.2, -0.15) is 0 Å². The fourth-order valence-corrected chi connectivity index (χ4v) is 6.54. The molecule has 7 heteroatoms. The van der Waals surface area contributed by atoms with Crippen LogP contribution in [0, 0.1) is 5.41 Å². The number of nitrogens with zero attached hydrogens (tertiary/aromatic N) is 1. The molecule has 0 saturated carbocycles. The molecule has 1 aliphatic carbocycles. The first-order valence-electron chi connectivity index (χ1n) is 12.6. The van der Waals surface area contributed by atoms with Crippen molar-refractivity contribution in [1.29, 1.82) is 0 Å². The first kappa shape index (κ1) is 24.0. The largest absolute Gasteiger partial charge is 0.497 e. The summed E-state index contributed by atoms with van der Waals surface area (Å²) in [7, 11) is 3.07. The van der Waals surface area contributed by atoms with E-state index in [-0.39, 0.29) is 18.2 Å². The summed E-state index contributed by atoms with van der Waals surface area (Å²) in [5.41, 5.74) is 1.30. The summed E-state index contributed by atoms with van der Waals surface area (Å²) in [5.74, 6) is -1.06. The van der Waals surface area contributed by atoms with Crippen molar-refractivity contribution in [2.24, 2.45) is 5.41 Å². The summed E-state index contributed by atoms with van der Waals surface area (Å²) < 4.78 is 16.9. The average molecular weight is 510 g/mol. The third-order valence-electron chi connectivity index (χ3n) is 8.01. The number of hydrogen-bond acceptors (Lipinski definition) is 7. The number of ketones is 2. The highest BCUT2D eigenvalue weighted by atomic mass is 16.5. The molecular formula is C31H27NO6. The van der Waals surface area contributed by atoms with E-state index in [0.29, 0.717) is 28.2 Å². The highest BCUT2D eigenvalue weighted by Gasteiger charge is 2.72. The molecular weight excluding hydrogens is 482 g/mol. The smallest absolute Gasteiger partial charge is 0.329 e. The number of rotatable bonds is 5. The fourth-order valence-electron chi connectivity index (χ4n) is 6.54. The minimum atomic E-state index is -1.62. The molecule has 7 nitrogen and oxygen atoms in total. The first-order chi connectivity index (χ1) is 18.5. The average Bonchev–Trinajstić information content (AvgIpc) is 3.39. The van der Waals surface area contributed by atoms with E-state index >= 15 is 0 Å². The number of ether oxygens (including phenoxy) is 3. The number of carbonyl (C=O) groups is 3.